The van der Waals surface area contributed by atoms with Crippen molar-refractivity contribution in [3.05, 3.63) is 64.7 Å². The Morgan fingerprint density at radius 3 is 2.29 bits per heavy atom. The highest BCUT2D eigenvalue weighted by atomic mass is 35.5. The van der Waals surface area contributed by atoms with Gasteiger partial charge in [0.15, 0.2) is 0 Å². The number of carbonyl (C=O) groups is 2. The minimum atomic E-state index is -3.76. The minimum absolute atomic E-state index is 0.185. The Morgan fingerprint density at radius 1 is 1.13 bits per heavy atom. The molecule has 1 atom stereocenters. The molecule has 0 aromatic heterocycles. The van der Waals surface area contributed by atoms with Crippen molar-refractivity contribution in [3.8, 4) is 0 Å². The Labute approximate surface area is 189 Å². The van der Waals surface area contributed by atoms with Crippen LogP contribution in [0.2, 0.25) is 5.02 Å². The van der Waals surface area contributed by atoms with Crippen molar-refractivity contribution in [1.29, 1.82) is 0 Å². The van der Waals surface area contributed by atoms with Gasteiger partial charge in [0.25, 0.3) is 0 Å². The molecule has 0 radical (unpaired) electrons. The average molecular weight is 466 g/mol. The van der Waals surface area contributed by atoms with E-state index in [1.165, 1.54) is 24.1 Å². The molecule has 0 saturated heterocycles. The van der Waals surface area contributed by atoms with Crippen LogP contribution in [-0.4, -0.2) is 51.0 Å². The Hall–Kier alpha value is -2.58. The lowest BCUT2D eigenvalue weighted by Crippen LogP contribution is -2.51. The van der Waals surface area contributed by atoms with E-state index in [0.717, 1.165) is 21.7 Å². The zero-order chi connectivity index (χ0) is 23.2. The van der Waals surface area contributed by atoms with Crippen molar-refractivity contribution >= 4 is 39.1 Å². The van der Waals surface area contributed by atoms with Crippen LogP contribution >= 0.6 is 11.6 Å². The smallest absolute Gasteiger partial charge is 0.244 e. The van der Waals surface area contributed by atoms with E-state index in [0.29, 0.717) is 17.1 Å². The summed E-state index contributed by atoms with van der Waals surface area (Å²) in [4.78, 5) is 27.3. The van der Waals surface area contributed by atoms with Gasteiger partial charge in [-0.25, -0.2) is 8.42 Å². The summed E-state index contributed by atoms with van der Waals surface area (Å²) in [5.74, 6) is -0.779. The number of anilines is 1. The quantitative estimate of drug-likeness (QED) is 0.616. The molecule has 2 rings (SSSR count). The SMILES string of the molecule is CC[C@H](C(=O)NC)N(Cc1cccc(C)c1)C(=O)CN(c1ccc(Cl)cc1)S(C)(=O)=O. The fourth-order valence-corrected chi connectivity index (χ4v) is 4.29. The first kappa shape index (κ1) is 24.7. The summed E-state index contributed by atoms with van der Waals surface area (Å²) < 4.78 is 25.9. The largest absolute Gasteiger partial charge is 0.357 e. The number of sulfonamides is 1. The van der Waals surface area contributed by atoms with Gasteiger partial charge in [-0.05, 0) is 43.2 Å². The highest BCUT2D eigenvalue weighted by Gasteiger charge is 2.31. The van der Waals surface area contributed by atoms with Gasteiger partial charge in [-0.15, -0.1) is 0 Å². The molecule has 0 heterocycles. The van der Waals surface area contributed by atoms with E-state index in [1.807, 2.05) is 38.1 Å². The second-order valence-corrected chi connectivity index (χ2v) is 9.64. The lowest BCUT2D eigenvalue weighted by atomic mass is 10.1. The first-order chi connectivity index (χ1) is 14.6. The highest BCUT2D eigenvalue weighted by molar-refractivity contribution is 7.92. The summed E-state index contributed by atoms with van der Waals surface area (Å²) in [5, 5.41) is 3.04. The zero-order valence-corrected chi connectivity index (χ0v) is 19.7. The third-order valence-corrected chi connectivity index (χ3v) is 6.25. The number of benzene rings is 2. The molecule has 0 saturated carbocycles. The Bertz CT molecular complexity index is 1030. The normalized spacial score (nSPS) is 12.2. The van der Waals surface area contributed by atoms with Crippen LogP contribution in [0, 0.1) is 6.92 Å². The molecule has 2 aromatic carbocycles. The lowest BCUT2D eigenvalue weighted by molar-refractivity contribution is -0.140. The second-order valence-electron chi connectivity index (χ2n) is 7.30. The fourth-order valence-electron chi connectivity index (χ4n) is 3.31. The molecule has 31 heavy (non-hydrogen) atoms. The Balaban J connectivity index is 2.41. The maximum Gasteiger partial charge on any atom is 0.244 e. The number of nitrogens with one attached hydrogen (secondary N) is 1. The first-order valence-corrected chi connectivity index (χ1v) is 12.1. The van der Waals surface area contributed by atoms with E-state index in [2.05, 4.69) is 5.32 Å². The van der Waals surface area contributed by atoms with Crippen molar-refractivity contribution in [2.75, 3.05) is 24.2 Å². The molecule has 0 unspecified atom stereocenters. The number of halogens is 1. The van der Waals surface area contributed by atoms with Crippen LogP contribution in [0.15, 0.2) is 48.5 Å². The van der Waals surface area contributed by atoms with Crippen LogP contribution in [-0.2, 0) is 26.2 Å². The van der Waals surface area contributed by atoms with Crippen LogP contribution in [0.3, 0.4) is 0 Å². The number of carbonyl (C=O) groups excluding carboxylic acids is 2. The van der Waals surface area contributed by atoms with Gasteiger partial charge >= 0.3 is 0 Å². The van der Waals surface area contributed by atoms with E-state index in [1.54, 1.807) is 12.1 Å². The molecule has 1 N–H and O–H groups in total. The van der Waals surface area contributed by atoms with Crippen LogP contribution in [0.5, 0.6) is 0 Å². The molecule has 0 aliphatic rings. The van der Waals surface area contributed by atoms with Gasteiger partial charge in [0.1, 0.15) is 12.6 Å². The van der Waals surface area contributed by atoms with Gasteiger partial charge < -0.3 is 10.2 Å². The third-order valence-electron chi connectivity index (χ3n) is 4.86. The van der Waals surface area contributed by atoms with Gasteiger partial charge in [0, 0.05) is 18.6 Å². The zero-order valence-electron chi connectivity index (χ0n) is 18.1. The molecular formula is C22H28ClN3O4S. The standard InChI is InChI=1S/C22H28ClN3O4S/c1-5-20(22(28)24-3)25(14-17-8-6-7-16(2)13-17)21(27)15-26(31(4,29)30)19-11-9-18(23)10-12-19/h6-13,20H,5,14-15H2,1-4H3,(H,24,28)/t20-/m1/s1. The number of hydrogen-bond donors (Lipinski definition) is 1. The molecule has 0 bridgehead atoms. The molecular weight excluding hydrogens is 438 g/mol. The van der Waals surface area contributed by atoms with E-state index < -0.39 is 28.5 Å². The number of aryl methyl sites for hydroxylation is 1. The number of rotatable bonds is 9. The van der Waals surface area contributed by atoms with E-state index in [9.17, 15) is 18.0 Å². The lowest BCUT2D eigenvalue weighted by Gasteiger charge is -2.32. The molecule has 0 aliphatic carbocycles. The molecule has 0 aliphatic heterocycles. The van der Waals surface area contributed by atoms with Gasteiger partial charge in [0.05, 0.1) is 11.9 Å². The predicted octanol–water partition coefficient (Wildman–Crippen LogP) is 2.97. The van der Waals surface area contributed by atoms with Crippen LogP contribution in [0.25, 0.3) is 0 Å². The summed E-state index contributed by atoms with van der Waals surface area (Å²) in [7, 11) is -2.24. The maximum absolute atomic E-state index is 13.4. The fraction of sp³-hybridized carbons (Fsp3) is 0.364. The third kappa shape index (κ3) is 6.70. The number of hydrogen-bond acceptors (Lipinski definition) is 4. The summed E-state index contributed by atoms with van der Waals surface area (Å²) >= 11 is 5.91. The first-order valence-electron chi connectivity index (χ1n) is 9.86. The van der Waals surface area contributed by atoms with E-state index >= 15 is 0 Å². The second kappa shape index (κ2) is 10.6. The molecule has 7 nitrogen and oxygen atoms in total. The molecule has 2 aromatic rings. The minimum Gasteiger partial charge on any atom is -0.357 e. The van der Waals surface area contributed by atoms with Crippen molar-refractivity contribution in [2.24, 2.45) is 0 Å². The monoisotopic (exact) mass is 465 g/mol. The summed E-state index contributed by atoms with van der Waals surface area (Å²) in [6, 6.07) is 13.1. The van der Waals surface area contributed by atoms with Gasteiger partial charge in [0.2, 0.25) is 21.8 Å². The van der Waals surface area contributed by atoms with Crippen molar-refractivity contribution in [3.63, 3.8) is 0 Å². The topological polar surface area (TPSA) is 86.8 Å². The highest BCUT2D eigenvalue weighted by Crippen LogP contribution is 2.22. The van der Waals surface area contributed by atoms with E-state index in [-0.39, 0.29) is 12.5 Å². The van der Waals surface area contributed by atoms with Crippen molar-refractivity contribution in [1.82, 2.24) is 10.2 Å². The molecule has 9 heteroatoms. The van der Waals surface area contributed by atoms with Gasteiger partial charge in [-0.2, -0.15) is 0 Å². The summed E-state index contributed by atoms with van der Waals surface area (Å²) in [6.07, 6.45) is 1.42. The van der Waals surface area contributed by atoms with E-state index in [4.69, 9.17) is 11.6 Å². The number of nitrogens with zero attached hydrogens (tertiary/aromatic N) is 2. The maximum atomic E-state index is 13.4. The molecule has 168 valence electrons. The van der Waals surface area contributed by atoms with Crippen molar-refractivity contribution in [2.45, 2.75) is 32.9 Å². The molecule has 0 fully saturated rings. The van der Waals surface area contributed by atoms with Gasteiger partial charge in [-0.3, -0.25) is 13.9 Å². The number of amides is 2. The van der Waals surface area contributed by atoms with Gasteiger partial charge in [-0.1, -0.05) is 48.4 Å². The van der Waals surface area contributed by atoms with Crippen LogP contribution in [0.1, 0.15) is 24.5 Å². The van der Waals surface area contributed by atoms with Crippen LogP contribution in [0.4, 0.5) is 5.69 Å². The Morgan fingerprint density at radius 2 is 1.77 bits per heavy atom. The average Bonchev–Trinajstić information content (AvgIpc) is 2.71. The number of likely N-dealkylation sites (N-methyl/N-ethyl adjacent to an activating group) is 1. The van der Waals surface area contributed by atoms with Crippen molar-refractivity contribution < 1.29 is 18.0 Å². The molecule has 2 amide bonds. The predicted molar refractivity (Wildman–Crippen MR) is 124 cm³/mol. The Kier molecular flexibility index (Phi) is 8.47. The summed E-state index contributed by atoms with van der Waals surface area (Å²) in [5.41, 5.74) is 2.20. The summed E-state index contributed by atoms with van der Waals surface area (Å²) in [6.45, 7) is 3.51. The molecule has 0 spiro atoms. The van der Waals surface area contributed by atoms with Crippen LogP contribution < -0.4 is 9.62 Å².